The van der Waals surface area contributed by atoms with E-state index >= 15 is 0 Å². The third-order valence-electron chi connectivity index (χ3n) is 13.7. The number of nitrogens with zero attached hydrogens (tertiary/aromatic N) is 2. The van der Waals surface area contributed by atoms with Crippen LogP contribution in [0.15, 0.2) is 206 Å². The molecule has 0 N–H and O–H groups in total. The van der Waals surface area contributed by atoms with Crippen LogP contribution in [0.4, 0.5) is 0 Å². The van der Waals surface area contributed by atoms with Gasteiger partial charge in [-0.05, 0) is 121 Å². The summed E-state index contributed by atoms with van der Waals surface area (Å²) in [6.07, 6.45) is 0. The monoisotopic (exact) mass is 746 g/mol. The molecule has 0 fully saturated rings. The molecule has 12 aromatic rings. The largest absolute Gasteiger partial charge is 0.309 e. The van der Waals surface area contributed by atoms with Gasteiger partial charge in [-0.15, -0.1) is 0 Å². The van der Waals surface area contributed by atoms with Gasteiger partial charge in [0.15, 0.2) is 0 Å². The summed E-state index contributed by atoms with van der Waals surface area (Å²) in [7, 11) is 0. The summed E-state index contributed by atoms with van der Waals surface area (Å²) < 4.78 is 4.90. The lowest BCUT2D eigenvalue weighted by atomic mass is 9.70. The van der Waals surface area contributed by atoms with Crippen molar-refractivity contribution in [3.8, 4) is 33.6 Å². The van der Waals surface area contributed by atoms with E-state index in [0.717, 1.165) is 0 Å². The lowest BCUT2D eigenvalue weighted by Gasteiger charge is -2.31. The van der Waals surface area contributed by atoms with E-state index in [1.54, 1.807) is 0 Å². The Hall–Kier alpha value is -7.68. The van der Waals surface area contributed by atoms with Gasteiger partial charge in [0.1, 0.15) is 0 Å². The van der Waals surface area contributed by atoms with Gasteiger partial charge in [0.25, 0.3) is 0 Å². The van der Waals surface area contributed by atoms with E-state index < -0.39 is 5.41 Å². The summed E-state index contributed by atoms with van der Waals surface area (Å²) >= 11 is 0. The molecule has 0 saturated heterocycles. The maximum atomic E-state index is 2.51. The maximum absolute atomic E-state index is 2.51. The Morgan fingerprint density at radius 1 is 0.288 bits per heavy atom. The molecular weight excluding hydrogens is 713 g/mol. The minimum atomic E-state index is -0.405. The highest BCUT2D eigenvalue weighted by molar-refractivity contribution is 6.18. The fourth-order valence-corrected chi connectivity index (χ4v) is 11.3. The predicted molar refractivity (Wildman–Crippen MR) is 246 cm³/mol. The van der Waals surface area contributed by atoms with E-state index in [4.69, 9.17) is 0 Å². The summed E-state index contributed by atoms with van der Waals surface area (Å²) in [5, 5.41) is 10.4. The standard InChI is InChI=1S/C57H34N2/c1-2-14-39(15-3-1)58-51-22-8-5-17-43(51)45-29-26-38(33-54(45)58)37-27-31-53-46(32-37)44-18-6-9-23-52(44)59(53)40-28-30-42-41-16-4-7-19-47(41)57(50(42)34-40)48-20-10-12-35-24-25-36-13-11-21-49(57)56(36)55(35)48/h1-34H. The second-order valence-corrected chi connectivity index (χ2v) is 16.4. The molecule has 2 nitrogen and oxygen atoms in total. The first-order valence-electron chi connectivity index (χ1n) is 20.6. The Bertz CT molecular complexity index is 3720. The van der Waals surface area contributed by atoms with E-state index in [0.29, 0.717) is 0 Å². The Balaban J connectivity index is 0.992. The Morgan fingerprint density at radius 3 is 1.61 bits per heavy atom. The van der Waals surface area contributed by atoms with Gasteiger partial charge in [0.2, 0.25) is 0 Å². The van der Waals surface area contributed by atoms with Crippen molar-refractivity contribution >= 4 is 65.2 Å². The van der Waals surface area contributed by atoms with Gasteiger partial charge in [-0.2, -0.15) is 0 Å². The number of fused-ring (bicyclic) bond motifs is 13. The molecule has 0 atom stereocenters. The number of hydrogen-bond donors (Lipinski definition) is 0. The molecular formula is C57H34N2. The molecule has 2 aromatic heterocycles. The first-order chi connectivity index (χ1) is 29.3. The maximum Gasteiger partial charge on any atom is 0.0726 e. The molecule has 0 radical (unpaired) electrons. The number of para-hydroxylation sites is 3. The highest BCUT2D eigenvalue weighted by atomic mass is 15.0. The Labute approximate surface area is 340 Å². The zero-order valence-corrected chi connectivity index (χ0v) is 32.0. The van der Waals surface area contributed by atoms with E-state index in [-0.39, 0.29) is 0 Å². The van der Waals surface area contributed by atoms with E-state index in [1.165, 1.54) is 121 Å². The van der Waals surface area contributed by atoms with Crippen LogP contribution in [-0.4, -0.2) is 9.13 Å². The van der Waals surface area contributed by atoms with Gasteiger partial charge in [-0.3, -0.25) is 0 Å². The zero-order chi connectivity index (χ0) is 38.4. The Morgan fingerprint density at radius 2 is 0.847 bits per heavy atom. The summed E-state index contributed by atoms with van der Waals surface area (Å²) in [4.78, 5) is 0. The van der Waals surface area contributed by atoms with Crippen molar-refractivity contribution in [2.75, 3.05) is 0 Å². The van der Waals surface area contributed by atoms with E-state index in [9.17, 15) is 0 Å². The molecule has 2 aliphatic carbocycles. The molecule has 10 aromatic carbocycles. The number of rotatable bonds is 3. The fourth-order valence-electron chi connectivity index (χ4n) is 11.3. The summed E-state index contributed by atoms with van der Waals surface area (Å²) in [5.74, 6) is 0. The quantitative estimate of drug-likeness (QED) is 0.159. The van der Waals surface area contributed by atoms with Crippen LogP contribution in [-0.2, 0) is 5.41 Å². The van der Waals surface area contributed by atoms with Crippen LogP contribution in [0.5, 0.6) is 0 Å². The van der Waals surface area contributed by atoms with Gasteiger partial charge in [-0.25, -0.2) is 0 Å². The van der Waals surface area contributed by atoms with Crippen molar-refractivity contribution in [1.29, 1.82) is 0 Å². The SMILES string of the molecule is c1ccc(-n2c3ccccc3c3ccc(-c4ccc5c(c4)c4ccccc4n5-c4ccc5c(c4)C4(c6ccccc6-5)c5cccc6ccc7cccc4c7c56)cc32)cc1. The number of aromatic nitrogens is 2. The second kappa shape index (κ2) is 11.2. The van der Waals surface area contributed by atoms with E-state index in [1.807, 2.05) is 0 Å². The zero-order valence-electron chi connectivity index (χ0n) is 32.0. The topological polar surface area (TPSA) is 9.86 Å². The van der Waals surface area contributed by atoms with Crippen LogP contribution < -0.4 is 0 Å². The lowest BCUT2D eigenvalue weighted by Crippen LogP contribution is -2.26. The van der Waals surface area contributed by atoms with Gasteiger partial charge < -0.3 is 9.13 Å². The summed E-state index contributed by atoms with van der Waals surface area (Å²) in [5.41, 5.74) is 17.4. The van der Waals surface area contributed by atoms with Crippen molar-refractivity contribution in [1.82, 2.24) is 9.13 Å². The van der Waals surface area contributed by atoms with E-state index in [2.05, 4.69) is 215 Å². The smallest absolute Gasteiger partial charge is 0.0726 e. The van der Waals surface area contributed by atoms with Gasteiger partial charge in [-0.1, -0.05) is 152 Å². The number of benzene rings is 10. The lowest BCUT2D eigenvalue weighted by molar-refractivity contribution is 0.796. The van der Waals surface area contributed by atoms with Crippen molar-refractivity contribution in [3.05, 3.63) is 229 Å². The molecule has 0 bridgehead atoms. The molecule has 272 valence electrons. The van der Waals surface area contributed by atoms with Gasteiger partial charge >= 0.3 is 0 Å². The molecule has 1 spiro atoms. The van der Waals surface area contributed by atoms with Crippen LogP contribution in [0, 0.1) is 0 Å². The van der Waals surface area contributed by atoms with Crippen LogP contribution in [0.3, 0.4) is 0 Å². The third kappa shape index (κ3) is 3.91. The first kappa shape index (κ1) is 31.4. The van der Waals surface area contributed by atoms with Crippen molar-refractivity contribution in [3.63, 3.8) is 0 Å². The normalized spacial score (nSPS) is 13.6. The van der Waals surface area contributed by atoms with Crippen molar-refractivity contribution in [2.24, 2.45) is 0 Å². The predicted octanol–water partition coefficient (Wildman–Crippen LogP) is 14.5. The summed E-state index contributed by atoms with van der Waals surface area (Å²) in [6, 6.07) is 77.2. The third-order valence-corrected chi connectivity index (χ3v) is 13.7. The van der Waals surface area contributed by atoms with Crippen molar-refractivity contribution < 1.29 is 0 Å². The fraction of sp³-hybridized carbons (Fsp3) is 0.0175. The van der Waals surface area contributed by atoms with Crippen LogP contribution in [0.2, 0.25) is 0 Å². The molecule has 0 aliphatic heterocycles. The molecule has 2 aliphatic rings. The average Bonchev–Trinajstić information content (AvgIpc) is 4.00. The Kier molecular flexibility index (Phi) is 5.99. The highest BCUT2D eigenvalue weighted by Crippen LogP contribution is 2.62. The molecule has 0 saturated carbocycles. The molecule has 14 rings (SSSR count). The van der Waals surface area contributed by atoms with Gasteiger partial charge in [0.05, 0.1) is 27.5 Å². The second-order valence-electron chi connectivity index (χ2n) is 16.4. The number of hydrogen-bond acceptors (Lipinski definition) is 0. The van der Waals surface area contributed by atoms with Gasteiger partial charge in [0, 0.05) is 32.9 Å². The van der Waals surface area contributed by atoms with Crippen LogP contribution >= 0.6 is 0 Å². The van der Waals surface area contributed by atoms with Crippen LogP contribution in [0.1, 0.15) is 22.3 Å². The molecule has 2 heteroatoms. The highest BCUT2D eigenvalue weighted by Gasteiger charge is 2.50. The molecule has 2 heterocycles. The van der Waals surface area contributed by atoms with Crippen LogP contribution in [0.25, 0.3) is 98.8 Å². The first-order valence-corrected chi connectivity index (χ1v) is 20.6. The molecule has 0 amide bonds. The minimum absolute atomic E-state index is 0.405. The van der Waals surface area contributed by atoms with Crippen molar-refractivity contribution in [2.45, 2.75) is 5.41 Å². The molecule has 0 unspecified atom stereocenters. The molecule has 59 heavy (non-hydrogen) atoms. The summed E-state index contributed by atoms with van der Waals surface area (Å²) in [6.45, 7) is 0. The average molecular weight is 747 g/mol. The minimum Gasteiger partial charge on any atom is -0.309 e.